The molecule has 0 saturated heterocycles. The molecule has 0 bridgehead atoms. The number of hydrazone groups is 1. The molecule has 0 heterocycles. The minimum atomic E-state index is -4.52. The van der Waals surface area contributed by atoms with E-state index in [9.17, 15) is 22.8 Å². The van der Waals surface area contributed by atoms with E-state index in [1.54, 1.807) is 0 Å². The van der Waals surface area contributed by atoms with Crippen molar-refractivity contribution in [3.8, 4) is 0 Å². The van der Waals surface area contributed by atoms with Crippen LogP contribution in [-0.2, 0) is 15.8 Å². The normalized spacial score (nSPS) is 11.6. The van der Waals surface area contributed by atoms with E-state index in [4.69, 9.17) is 0 Å². The zero-order valence-electron chi connectivity index (χ0n) is 15.0. The maximum absolute atomic E-state index is 12.7. The second kappa shape index (κ2) is 8.55. The van der Waals surface area contributed by atoms with E-state index in [0.717, 1.165) is 28.5 Å². The Hall–Kier alpha value is -3.68. The Morgan fingerprint density at radius 1 is 0.931 bits per heavy atom. The van der Waals surface area contributed by atoms with Crippen molar-refractivity contribution in [3.05, 3.63) is 77.9 Å². The lowest BCUT2D eigenvalue weighted by Crippen LogP contribution is -2.24. The third-order valence-corrected chi connectivity index (χ3v) is 4.01. The molecule has 0 aromatic heterocycles. The van der Waals surface area contributed by atoms with Crippen molar-refractivity contribution < 1.29 is 22.8 Å². The molecule has 3 aromatic rings. The number of amides is 2. The van der Waals surface area contributed by atoms with Crippen LogP contribution in [0.4, 0.5) is 18.9 Å². The highest BCUT2D eigenvalue weighted by Crippen LogP contribution is 2.30. The fraction of sp³-hybridized carbons (Fsp3) is 0.0952. The van der Waals surface area contributed by atoms with Crippen molar-refractivity contribution >= 4 is 34.5 Å². The standard InChI is InChI=1S/C21H16F3N3O2/c22-21(23,24)16-8-4-9-17(11-16)26-19(28)12-20(29)27-25-13-15-7-3-6-14-5-1-2-10-18(14)15/h1-11,13H,12H2,(H,26,28)(H,27,29)/b25-13-. The van der Waals surface area contributed by atoms with Gasteiger partial charge in [0.25, 0.3) is 0 Å². The highest BCUT2D eigenvalue weighted by atomic mass is 19.4. The van der Waals surface area contributed by atoms with Crippen molar-refractivity contribution in [2.75, 3.05) is 5.32 Å². The van der Waals surface area contributed by atoms with E-state index in [0.29, 0.717) is 0 Å². The first-order valence-corrected chi connectivity index (χ1v) is 8.60. The molecule has 0 spiro atoms. The molecule has 0 aliphatic rings. The van der Waals surface area contributed by atoms with Crippen LogP contribution in [0, 0.1) is 0 Å². The van der Waals surface area contributed by atoms with Gasteiger partial charge in [-0.2, -0.15) is 18.3 Å². The molecule has 2 N–H and O–H groups in total. The van der Waals surface area contributed by atoms with E-state index in [1.807, 2.05) is 42.5 Å². The number of fused-ring (bicyclic) bond motifs is 1. The largest absolute Gasteiger partial charge is 0.416 e. The summed E-state index contributed by atoms with van der Waals surface area (Å²) >= 11 is 0. The van der Waals surface area contributed by atoms with Gasteiger partial charge in [-0.3, -0.25) is 9.59 Å². The molecule has 3 aromatic carbocycles. The van der Waals surface area contributed by atoms with Gasteiger partial charge in [0, 0.05) is 11.3 Å². The van der Waals surface area contributed by atoms with Crippen LogP contribution in [0.25, 0.3) is 10.8 Å². The van der Waals surface area contributed by atoms with E-state index in [1.165, 1.54) is 18.3 Å². The number of carbonyl (C=O) groups is 2. The average Bonchev–Trinajstić information content (AvgIpc) is 2.67. The molecule has 0 fully saturated rings. The molecule has 0 aliphatic carbocycles. The topological polar surface area (TPSA) is 70.6 Å². The molecule has 2 amide bonds. The minimum Gasteiger partial charge on any atom is -0.326 e. The van der Waals surface area contributed by atoms with Crippen molar-refractivity contribution in [3.63, 3.8) is 0 Å². The predicted octanol–water partition coefficient (Wildman–Crippen LogP) is 4.34. The van der Waals surface area contributed by atoms with Gasteiger partial charge < -0.3 is 5.32 Å². The molecule has 0 aliphatic heterocycles. The van der Waals surface area contributed by atoms with Gasteiger partial charge in [0.15, 0.2) is 0 Å². The van der Waals surface area contributed by atoms with Crippen molar-refractivity contribution in [2.45, 2.75) is 12.6 Å². The molecule has 148 valence electrons. The molecular formula is C21H16F3N3O2. The molecule has 8 heteroatoms. The Morgan fingerprint density at radius 2 is 1.66 bits per heavy atom. The molecule has 29 heavy (non-hydrogen) atoms. The SMILES string of the molecule is O=C(CC(=O)Nc1cccc(C(F)(F)F)c1)N/N=C\c1cccc2ccccc12. The van der Waals surface area contributed by atoms with E-state index < -0.39 is 30.0 Å². The summed E-state index contributed by atoms with van der Waals surface area (Å²) in [5.41, 5.74) is 2.09. The van der Waals surface area contributed by atoms with Gasteiger partial charge >= 0.3 is 6.18 Å². The lowest BCUT2D eigenvalue weighted by atomic mass is 10.1. The summed E-state index contributed by atoms with van der Waals surface area (Å²) in [6.45, 7) is 0. The summed E-state index contributed by atoms with van der Waals surface area (Å²) in [7, 11) is 0. The van der Waals surface area contributed by atoms with Gasteiger partial charge in [0.05, 0.1) is 11.8 Å². The highest BCUT2D eigenvalue weighted by Gasteiger charge is 2.30. The number of rotatable bonds is 5. The first-order valence-electron chi connectivity index (χ1n) is 8.60. The molecule has 0 saturated carbocycles. The molecule has 5 nitrogen and oxygen atoms in total. The van der Waals surface area contributed by atoms with Crippen LogP contribution >= 0.6 is 0 Å². The molecule has 3 rings (SSSR count). The average molecular weight is 399 g/mol. The van der Waals surface area contributed by atoms with Crippen LogP contribution in [0.3, 0.4) is 0 Å². The second-order valence-electron chi connectivity index (χ2n) is 6.17. The zero-order valence-corrected chi connectivity index (χ0v) is 15.0. The number of hydrogen-bond acceptors (Lipinski definition) is 3. The van der Waals surface area contributed by atoms with Gasteiger partial charge in [-0.1, -0.05) is 48.5 Å². The third kappa shape index (κ3) is 5.41. The Kier molecular flexibility index (Phi) is 5.92. The predicted molar refractivity (Wildman–Crippen MR) is 104 cm³/mol. The Balaban J connectivity index is 1.57. The number of nitrogens with zero attached hydrogens (tertiary/aromatic N) is 1. The summed E-state index contributed by atoms with van der Waals surface area (Å²) in [5.74, 6) is -1.44. The lowest BCUT2D eigenvalue weighted by molar-refractivity contribution is -0.137. The van der Waals surface area contributed by atoms with Gasteiger partial charge in [-0.05, 0) is 29.0 Å². The van der Waals surface area contributed by atoms with Crippen molar-refractivity contribution in [1.82, 2.24) is 5.43 Å². The number of carbonyl (C=O) groups excluding carboxylic acids is 2. The lowest BCUT2D eigenvalue weighted by Gasteiger charge is -2.09. The van der Waals surface area contributed by atoms with Crippen LogP contribution in [0.5, 0.6) is 0 Å². The Labute approximate surface area is 164 Å². The van der Waals surface area contributed by atoms with E-state index in [-0.39, 0.29) is 5.69 Å². The molecule has 0 unspecified atom stereocenters. The van der Waals surface area contributed by atoms with E-state index in [2.05, 4.69) is 15.8 Å². The highest BCUT2D eigenvalue weighted by molar-refractivity contribution is 6.04. The summed E-state index contributed by atoms with van der Waals surface area (Å²) in [5, 5.41) is 8.08. The van der Waals surface area contributed by atoms with Crippen molar-refractivity contribution in [1.29, 1.82) is 0 Å². The number of anilines is 1. The Bertz CT molecular complexity index is 1070. The van der Waals surface area contributed by atoms with Crippen LogP contribution < -0.4 is 10.7 Å². The number of hydrogen-bond donors (Lipinski definition) is 2. The molecule has 0 atom stereocenters. The summed E-state index contributed by atoms with van der Waals surface area (Å²) in [4.78, 5) is 23.7. The summed E-state index contributed by atoms with van der Waals surface area (Å²) < 4.78 is 38.1. The van der Waals surface area contributed by atoms with Gasteiger partial charge in [0.2, 0.25) is 11.8 Å². The first-order chi connectivity index (χ1) is 13.8. The minimum absolute atomic E-state index is 0.0446. The van der Waals surface area contributed by atoms with Crippen LogP contribution in [0.1, 0.15) is 17.5 Å². The fourth-order valence-electron chi connectivity index (χ4n) is 2.70. The molecular weight excluding hydrogens is 383 g/mol. The number of benzene rings is 3. The van der Waals surface area contributed by atoms with Gasteiger partial charge in [0.1, 0.15) is 6.42 Å². The smallest absolute Gasteiger partial charge is 0.326 e. The monoisotopic (exact) mass is 399 g/mol. The number of halogens is 3. The van der Waals surface area contributed by atoms with Gasteiger partial charge in [-0.25, -0.2) is 5.43 Å². The second-order valence-corrected chi connectivity index (χ2v) is 6.17. The quantitative estimate of drug-likeness (QED) is 0.381. The summed E-state index contributed by atoms with van der Waals surface area (Å²) in [6, 6.07) is 17.5. The van der Waals surface area contributed by atoms with Crippen LogP contribution in [0.2, 0.25) is 0 Å². The third-order valence-electron chi connectivity index (χ3n) is 4.01. The van der Waals surface area contributed by atoms with Crippen LogP contribution in [-0.4, -0.2) is 18.0 Å². The fourth-order valence-corrected chi connectivity index (χ4v) is 2.70. The van der Waals surface area contributed by atoms with E-state index >= 15 is 0 Å². The van der Waals surface area contributed by atoms with Gasteiger partial charge in [-0.15, -0.1) is 0 Å². The Morgan fingerprint density at radius 3 is 2.45 bits per heavy atom. The number of alkyl halides is 3. The zero-order chi connectivity index (χ0) is 20.9. The summed E-state index contributed by atoms with van der Waals surface area (Å²) in [6.07, 6.45) is -3.64. The molecule has 0 radical (unpaired) electrons. The maximum Gasteiger partial charge on any atom is 0.416 e. The van der Waals surface area contributed by atoms with Crippen molar-refractivity contribution in [2.24, 2.45) is 5.10 Å². The maximum atomic E-state index is 12.7. The first kappa shape index (κ1) is 20.1. The number of nitrogens with one attached hydrogen (secondary N) is 2. The van der Waals surface area contributed by atoms with Crippen LogP contribution in [0.15, 0.2) is 71.8 Å².